The van der Waals surface area contributed by atoms with Gasteiger partial charge in [-0.3, -0.25) is 0 Å². The van der Waals surface area contributed by atoms with Crippen LogP contribution in [0.15, 0.2) is 93.4 Å². The molecule has 16 N–H and O–H groups in total. The van der Waals surface area contributed by atoms with Crippen LogP contribution < -0.4 is 21.3 Å². The smallest absolute Gasteiger partial charge is 0.191 e. The van der Waals surface area contributed by atoms with Crippen molar-refractivity contribution in [1.82, 2.24) is 99.8 Å². The van der Waals surface area contributed by atoms with E-state index < -0.39 is 166 Å². The standard InChI is InChI=1S/4C24H31FN6O4S/c4*1-3-8-36-24-27-22(26-16-10-14(16)13-5-4-12(2)15(25)9-13)19-23(28-24)31(30-29-19)17-11-18(35-7-6-32)21(34)20(17)33/h4*4-5,9,14,16-18,20-21,32-34H,3,6-8,10-11H2,1-2H3,(H,26,27,28)/t4*14-,16+,17+,18-,20-,21+/m0000/s1/i6D2,7D2,14D;7D2,14D;6D2,14D;14D. The van der Waals surface area contributed by atoms with Crippen molar-refractivity contribution in [3.05, 3.63) is 141 Å². The van der Waals surface area contributed by atoms with Crippen molar-refractivity contribution < 1.29 is 114 Å². The Bertz CT molecular complexity index is 7090. The number of nitrogens with one attached hydrogen (secondary N) is 4. The first-order chi connectivity index (χ1) is 73.8. The highest BCUT2D eigenvalue weighted by Crippen LogP contribution is 2.50. The van der Waals surface area contributed by atoms with E-state index in [1.807, 2.05) is 20.8 Å². The van der Waals surface area contributed by atoms with Gasteiger partial charge in [0.25, 0.3) is 0 Å². The van der Waals surface area contributed by atoms with Gasteiger partial charge in [0.15, 0.2) is 88.6 Å². The quantitative estimate of drug-likeness (QED) is 0.00969. The summed E-state index contributed by atoms with van der Waals surface area (Å²) in [6.07, 6.45) is -9.45. The van der Waals surface area contributed by atoms with E-state index in [0.29, 0.717) is 153 Å². The van der Waals surface area contributed by atoms with Crippen LogP contribution in [0.1, 0.15) is 213 Å². The predicted octanol–water partition coefficient (Wildman–Crippen LogP) is 8.73. The number of aromatic nitrogens is 20. The van der Waals surface area contributed by atoms with E-state index >= 15 is 0 Å². The molecule has 8 fully saturated rings. The summed E-state index contributed by atoms with van der Waals surface area (Å²) in [4.78, 5) is 36.9. The van der Waals surface area contributed by atoms with Gasteiger partial charge in [0.05, 0.1) is 112 Å². The summed E-state index contributed by atoms with van der Waals surface area (Å²) in [6.45, 7) is 1.61. The topological polar surface area (TPSA) is 554 Å². The number of aryl methyl sites for hydroxylation is 4. The normalized spacial score (nSPS) is 31.3. The Labute approximate surface area is 860 Å². The molecule has 4 aromatic carbocycles. The summed E-state index contributed by atoms with van der Waals surface area (Å²) in [5, 5.41) is 171. The minimum atomic E-state index is -3.35. The number of rotatable bonds is 40. The Kier molecular flexibility index (Phi) is 29.8. The summed E-state index contributed by atoms with van der Waals surface area (Å²) in [5.41, 5.74) is 6.79. The number of aliphatic hydroxyl groups excluding tert-OH is 10. The van der Waals surface area contributed by atoms with Crippen molar-refractivity contribution in [3.8, 4) is 0 Å². The minimum Gasteiger partial charge on any atom is -0.394 e. The lowest BCUT2D eigenvalue weighted by Gasteiger charge is -2.17. The van der Waals surface area contributed by atoms with Crippen molar-refractivity contribution in [2.24, 2.45) is 0 Å². The summed E-state index contributed by atoms with van der Waals surface area (Å²) in [7, 11) is 0. The number of thioether (sulfide) groups is 4. The van der Waals surface area contributed by atoms with Crippen LogP contribution in [-0.4, -0.2) is 334 Å². The van der Waals surface area contributed by atoms with E-state index in [1.165, 1.54) is 90.0 Å². The van der Waals surface area contributed by atoms with Gasteiger partial charge in [0.1, 0.15) is 72.1 Å². The molecule has 0 amide bonds. The van der Waals surface area contributed by atoms with Gasteiger partial charge in [-0.15, -0.1) is 20.4 Å². The van der Waals surface area contributed by atoms with Crippen LogP contribution >= 0.6 is 47.0 Å². The van der Waals surface area contributed by atoms with Crippen LogP contribution in [0, 0.1) is 51.0 Å². The Hall–Kier alpha value is -9.52. The van der Waals surface area contributed by atoms with Crippen molar-refractivity contribution in [2.75, 3.05) is 96.9 Å². The van der Waals surface area contributed by atoms with Gasteiger partial charge >= 0.3 is 0 Å². The molecule has 12 aromatic rings. The molecule has 8 aromatic heterocycles. The number of hydrogen-bond acceptors (Lipinski definition) is 40. The predicted molar refractivity (Wildman–Crippen MR) is 530 cm³/mol. The first-order valence-electron chi connectivity index (χ1n) is 53.7. The lowest BCUT2D eigenvalue weighted by atomic mass is 10.1. The largest absolute Gasteiger partial charge is 0.394 e. The van der Waals surface area contributed by atoms with E-state index in [-0.39, 0.29) is 91.5 Å². The van der Waals surface area contributed by atoms with Crippen LogP contribution in [0.3, 0.4) is 0 Å². The maximum absolute atomic E-state index is 14.2. The molecular formula is C96H124F4N24O16S4. The first-order valence-corrected chi connectivity index (χ1v) is 51.6. The zero-order valence-corrected chi connectivity index (χ0v) is 83.0. The Morgan fingerprint density at radius 2 is 0.597 bits per heavy atom. The Balaban J connectivity index is 0.000000141. The number of aliphatic hydroxyl groups is 12. The fourth-order valence-electron chi connectivity index (χ4n) is 17.9. The summed E-state index contributed by atoms with van der Waals surface area (Å²) in [5.74, 6) is -1.13. The van der Waals surface area contributed by atoms with Crippen LogP contribution in [0.5, 0.6) is 0 Å². The summed E-state index contributed by atoms with van der Waals surface area (Å²) in [6, 6.07) is 14.6. The van der Waals surface area contributed by atoms with Gasteiger partial charge in [0, 0.05) is 102 Å². The molecule has 144 heavy (non-hydrogen) atoms. The van der Waals surface area contributed by atoms with Crippen LogP contribution in [0.4, 0.5) is 40.8 Å². The zero-order chi connectivity index (χ0) is 112. The van der Waals surface area contributed by atoms with E-state index in [4.69, 9.17) is 40.5 Å². The van der Waals surface area contributed by atoms with Crippen LogP contribution in [0.2, 0.25) is 0 Å². The lowest BCUT2D eigenvalue weighted by molar-refractivity contribution is -0.0629. The van der Waals surface area contributed by atoms with E-state index in [0.717, 1.165) is 42.9 Å². The molecule has 48 heteroatoms. The highest BCUT2D eigenvalue weighted by Gasteiger charge is 2.51. The number of anilines is 4. The molecule has 0 spiro atoms. The van der Waals surface area contributed by atoms with Gasteiger partial charge in [-0.2, -0.15) is 0 Å². The summed E-state index contributed by atoms with van der Waals surface area (Å²) < 4.78 is 179. The van der Waals surface area contributed by atoms with E-state index in [9.17, 15) is 73.7 Å². The molecule has 776 valence electrons. The number of halogens is 4. The number of nitrogens with zero attached hydrogens (tertiary/aromatic N) is 20. The fourth-order valence-corrected chi connectivity index (χ4v) is 20.6. The van der Waals surface area contributed by atoms with Crippen molar-refractivity contribution >= 4 is 115 Å². The SMILES string of the molecule is [2H]C([2H])(CO)O[C@H]1C[C@@H](n2nnc3c(N[C@@H]4C[C@@]4([2H])c4ccc(C)c(F)c4)nc(SCCC)nc32)[C@H](O)[C@@H]1O.[2H]C([2H])(O)C([2H])([2H])O[C@H]1C[C@@H](n2nnc3c(N[C@@H]4C[C@@]4([2H])c4ccc(C)c(F)c4)nc(SCCC)nc32)[C@H](O)[C@@H]1O.[2H]C([2H])(O)CO[C@H]1C[C@@H](n2nnc3c(N[C@@H]4C[C@@]4([2H])c4ccc(C)c(F)c4)nc(SCCC)nc32)[C@H](O)[C@@H]1O.[2H][C@@]1(c2ccc(C)c(F)c2)C[C@H]1Nc1nc(SCCC)nc2c1nnn2[C@@H]1C[C@H](OCCO)[C@@H](O)[C@H]1O. The summed E-state index contributed by atoms with van der Waals surface area (Å²) >= 11 is 5.71. The molecule has 0 unspecified atom stereocenters. The number of fused-ring (bicyclic) bond motifs is 4. The monoisotopic (exact) mass is 2080 g/mol. The molecule has 0 radical (unpaired) electrons. The Morgan fingerprint density at radius 3 is 0.833 bits per heavy atom. The molecule has 40 nitrogen and oxygen atoms in total. The number of benzene rings is 4. The maximum atomic E-state index is 14.2. The third-order valence-corrected chi connectivity index (χ3v) is 30.3. The molecule has 8 heterocycles. The van der Waals surface area contributed by atoms with E-state index in [2.05, 4.69) is 109 Å². The molecule has 20 rings (SSSR count). The second kappa shape index (κ2) is 47.3. The fraction of sp³-hybridized carbons (Fsp3) is 0.583. The average Bonchev–Trinajstić information content (AvgIpc) is 1.59. The van der Waals surface area contributed by atoms with Gasteiger partial charge in [-0.25, -0.2) is 76.2 Å². The van der Waals surface area contributed by atoms with Crippen molar-refractivity contribution in [3.63, 3.8) is 0 Å². The van der Waals surface area contributed by atoms with Crippen LogP contribution in [-0.2, 0) is 18.9 Å². The molecule has 0 saturated heterocycles. The zero-order valence-electron chi connectivity index (χ0n) is 91.7. The van der Waals surface area contributed by atoms with Gasteiger partial charge < -0.3 is 101 Å². The number of ether oxygens (including phenoxy) is 4. The minimum absolute atomic E-state index is 0.00193. The van der Waals surface area contributed by atoms with E-state index in [1.54, 1.807) is 76.2 Å². The van der Waals surface area contributed by atoms with Crippen molar-refractivity contribution in [2.45, 2.75) is 298 Å². The second-order valence-electron chi connectivity index (χ2n) is 36.3. The molecular weight excluding hydrogens is 1950 g/mol. The average molecular weight is 2090 g/mol. The highest BCUT2D eigenvalue weighted by atomic mass is 32.2. The van der Waals surface area contributed by atoms with Gasteiger partial charge in [-0.05, 0) is 148 Å². The first kappa shape index (κ1) is 90.8. The lowest BCUT2D eigenvalue weighted by Crippen LogP contribution is -2.33. The third kappa shape index (κ3) is 23.8. The molecule has 24 atom stereocenters. The number of hydrogen-bond donors (Lipinski definition) is 16. The van der Waals surface area contributed by atoms with Gasteiger partial charge in [-0.1, -0.05) is 144 Å². The molecule has 0 aliphatic heterocycles. The Morgan fingerprint density at radius 1 is 0.340 bits per heavy atom. The van der Waals surface area contributed by atoms with Crippen molar-refractivity contribution in [1.29, 1.82) is 0 Å². The maximum Gasteiger partial charge on any atom is 0.191 e. The second-order valence-corrected chi connectivity index (χ2v) is 40.6. The highest BCUT2D eigenvalue weighted by molar-refractivity contribution is 7.99. The molecule has 8 aliphatic rings. The molecule has 8 saturated carbocycles. The van der Waals surface area contributed by atoms with Crippen LogP contribution in [0.25, 0.3) is 44.7 Å². The molecule has 0 bridgehead atoms. The van der Waals surface area contributed by atoms with Gasteiger partial charge in [0.2, 0.25) is 0 Å². The third-order valence-electron chi connectivity index (χ3n) is 26.1. The molecule has 8 aliphatic carbocycles.